The Hall–Kier alpha value is -2.81. The van der Waals surface area contributed by atoms with Gasteiger partial charge in [-0.05, 0) is 12.1 Å². The zero-order valence-corrected chi connectivity index (χ0v) is 12.3. The Balaban J connectivity index is 1.84. The van der Waals surface area contributed by atoms with Crippen molar-refractivity contribution in [3.8, 4) is 0 Å². The van der Waals surface area contributed by atoms with Gasteiger partial charge in [0.15, 0.2) is 0 Å². The number of nitrogens with one attached hydrogen (secondary N) is 2. The highest BCUT2D eigenvalue weighted by atomic mass is 32.1. The van der Waals surface area contributed by atoms with Gasteiger partial charge in [-0.1, -0.05) is 18.2 Å². The summed E-state index contributed by atoms with van der Waals surface area (Å²) in [7, 11) is 1.21. The van der Waals surface area contributed by atoms with Gasteiger partial charge in [-0.3, -0.25) is 14.9 Å². The van der Waals surface area contributed by atoms with Crippen molar-refractivity contribution >= 4 is 34.4 Å². The second kappa shape index (κ2) is 7.27. The molecule has 22 heavy (non-hydrogen) atoms. The maximum atomic E-state index is 11.8. The summed E-state index contributed by atoms with van der Waals surface area (Å²) in [5.74, 6) is -1.65. The molecule has 1 heterocycles. The van der Waals surface area contributed by atoms with Crippen LogP contribution in [0.25, 0.3) is 0 Å². The van der Waals surface area contributed by atoms with Gasteiger partial charge in [0.05, 0.1) is 13.7 Å². The lowest BCUT2D eigenvalue weighted by Crippen LogP contribution is -2.32. The number of carbonyl (C=O) groups is 3. The summed E-state index contributed by atoms with van der Waals surface area (Å²) in [6.07, 6.45) is 0. The van der Waals surface area contributed by atoms with E-state index in [1.165, 1.54) is 7.11 Å². The molecule has 0 fully saturated rings. The lowest BCUT2D eigenvalue weighted by atomic mass is 10.2. The van der Waals surface area contributed by atoms with E-state index in [-0.39, 0.29) is 23.4 Å². The summed E-state index contributed by atoms with van der Waals surface area (Å²) in [4.78, 5) is 38.4. The Morgan fingerprint density at radius 3 is 2.64 bits per heavy atom. The van der Waals surface area contributed by atoms with Crippen LogP contribution in [0.15, 0.2) is 30.3 Å². The number of hydrogen-bond donors (Lipinski definition) is 2. The number of nitrogens with zero attached hydrogens (tertiary/aromatic N) is 2. The molecule has 0 atom stereocenters. The minimum atomic E-state index is -0.686. The van der Waals surface area contributed by atoms with Gasteiger partial charge in [-0.2, -0.15) is 9.36 Å². The van der Waals surface area contributed by atoms with Crippen molar-refractivity contribution in [2.24, 2.45) is 0 Å². The number of anilines is 1. The maximum absolute atomic E-state index is 11.8. The lowest BCUT2D eigenvalue weighted by molar-refractivity contribution is -0.115. The van der Waals surface area contributed by atoms with Crippen LogP contribution in [0.3, 0.4) is 0 Å². The lowest BCUT2D eigenvalue weighted by Gasteiger charge is -2.04. The largest absolute Gasteiger partial charge is 0.463 e. The van der Waals surface area contributed by atoms with Gasteiger partial charge in [-0.15, -0.1) is 0 Å². The summed E-state index contributed by atoms with van der Waals surface area (Å²) in [5, 5.41) is 5.06. The topological polar surface area (TPSA) is 110 Å². The van der Waals surface area contributed by atoms with Gasteiger partial charge in [0, 0.05) is 17.1 Å². The molecule has 0 unspecified atom stereocenters. The Morgan fingerprint density at radius 2 is 1.95 bits per heavy atom. The Morgan fingerprint density at radius 1 is 1.23 bits per heavy atom. The molecule has 0 saturated carbocycles. The number of methoxy groups -OCH3 is 1. The van der Waals surface area contributed by atoms with Crippen LogP contribution in [-0.2, 0) is 9.53 Å². The fourth-order valence-corrected chi connectivity index (χ4v) is 2.04. The van der Waals surface area contributed by atoms with Crippen molar-refractivity contribution < 1.29 is 19.1 Å². The average molecular weight is 320 g/mol. The minimum Gasteiger partial charge on any atom is -0.463 e. The molecule has 0 radical (unpaired) electrons. The molecule has 2 rings (SSSR count). The second-order valence-corrected chi connectivity index (χ2v) is 4.76. The number of esters is 1. The molecule has 8 nitrogen and oxygen atoms in total. The van der Waals surface area contributed by atoms with E-state index in [9.17, 15) is 14.4 Å². The number of aromatic nitrogens is 2. The average Bonchev–Trinajstić information content (AvgIpc) is 3.01. The second-order valence-electron chi connectivity index (χ2n) is 4.01. The van der Waals surface area contributed by atoms with Crippen LogP contribution in [0.1, 0.15) is 21.0 Å². The summed E-state index contributed by atoms with van der Waals surface area (Å²) < 4.78 is 8.19. The van der Waals surface area contributed by atoms with Crippen LogP contribution in [0.5, 0.6) is 0 Å². The number of ether oxygens (including phenoxy) is 1. The van der Waals surface area contributed by atoms with E-state index in [2.05, 4.69) is 24.7 Å². The fourth-order valence-electron chi connectivity index (χ4n) is 1.46. The Kier molecular flexibility index (Phi) is 5.15. The minimum absolute atomic E-state index is 0.129. The van der Waals surface area contributed by atoms with Gasteiger partial charge in [0.2, 0.25) is 11.0 Å². The van der Waals surface area contributed by atoms with Crippen molar-refractivity contribution in [1.82, 2.24) is 14.7 Å². The van der Waals surface area contributed by atoms with Crippen molar-refractivity contribution in [2.75, 3.05) is 19.0 Å². The molecular weight excluding hydrogens is 308 g/mol. The predicted octanol–water partition coefficient (Wildman–Crippen LogP) is 0.693. The fraction of sp³-hybridized carbons (Fsp3) is 0.154. The molecule has 0 aliphatic heterocycles. The quantitative estimate of drug-likeness (QED) is 0.784. The molecular formula is C13H12N4O4S. The highest BCUT2D eigenvalue weighted by Crippen LogP contribution is 2.11. The number of rotatable bonds is 5. The third-order valence-electron chi connectivity index (χ3n) is 2.49. The van der Waals surface area contributed by atoms with Gasteiger partial charge in [-0.25, -0.2) is 4.79 Å². The van der Waals surface area contributed by atoms with Crippen LogP contribution < -0.4 is 10.6 Å². The van der Waals surface area contributed by atoms with Gasteiger partial charge in [0.25, 0.3) is 11.7 Å². The first kappa shape index (κ1) is 15.6. The van der Waals surface area contributed by atoms with Crippen molar-refractivity contribution in [1.29, 1.82) is 0 Å². The van der Waals surface area contributed by atoms with Gasteiger partial charge in [0.1, 0.15) is 0 Å². The first-order valence-corrected chi connectivity index (χ1v) is 6.92. The number of hydrogen-bond acceptors (Lipinski definition) is 7. The van der Waals surface area contributed by atoms with Crippen molar-refractivity contribution in [3.05, 3.63) is 41.7 Å². The smallest absolute Gasteiger partial charge is 0.377 e. The third kappa shape index (κ3) is 4.09. The summed E-state index contributed by atoms with van der Waals surface area (Å²) in [6.45, 7) is -0.221. The van der Waals surface area contributed by atoms with E-state index in [1.807, 2.05) is 0 Å². The molecule has 114 valence electrons. The van der Waals surface area contributed by atoms with Gasteiger partial charge < -0.3 is 10.1 Å². The molecule has 0 aliphatic carbocycles. The zero-order valence-electron chi connectivity index (χ0n) is 11.5. The summed E-state index contributed by atoms with van der Waals surface area (Å²) in [5.41, 5.74) is 0.458. The maximum Gasteiger partial charge on any atom is 0.377 e. The van der Waals surface area contributed by atoms with E-state index in [1.54, 1.807) is 30.3 Å². The van der Waals surface area contributed by atoms with Gasteiger partial charge >= 0.3 is 5.97 Å². The molecule has 2 amide bonds. The third-order valence-corrected chi connectivity index (χ3v) is 3.12. The molecule has 0 spiro atoms. The van der Waals surface area contributed by atoms with Crippen molar-refractivity contribution in [2.45, 2.75) is 0 Å². The number of amides is 2. The summed E-state index contributed by atoms with van der Waals surface area (Å²) >= 11 is 0.846. The molecule has 0 bridgehead atoms. The molecule has 1 aromatic heterocycles. The monoisotopic (exact) mass is 320 g/mol. The Labute approximate surface area is 129 Å². The first-order chi connectivity index (χ1) is 10.6. The highest BCUT2D eigenvalue weighted by Gasteiger charge is 2.15. The molecule has 2 N–H and O–H groups in total. The zero-order chi connectivity index (χ0) is 15.9. The number of carbonyl (C=O) groups excluding carboxylic acids is 3. The molecule has 9 heteroatoms. The van der Waals surface area contributed by atoms with E-state index in [0.717, 1.165) is 11.5 Å². The predicted molar refractivity (Wildman–Crippen MR) is 78.7 cm³/mol. The standard InChI is InChI=1S/C13H12N4O4S/c1-21-12(20)10-16-13(22-17-10)15-9(18)7-14-11(19)8-5-3-2-4-6-8/h2-6H,7H2,1H3,(H,14,19)(H,15,16,17,18). The van der Waals surface area contributed by atoms with Crippen LogP contribution in [-0.4, -0.2) is 40.8 Å². The molecule has 1 aromatic carbocycles. The molecule has 0 saturated heterocycles. The first-order valence-electron chi connectivity index (χ1n) is 6.15. The highest BCUT2D eigenvalue weighted by molar-refractivity contribution is 7.10. The van der Waals surface area contributed by atoms with E-state index < -0.39 is 11.9 Å². The Bertz CT molecular complexity index is 686. The normalized spacial score (nSPS) is 9.86. The van der Waals surface area contributed by atoms with E-state index in [4.69, 9.17) is 0 Å². The van der Waals surface area contributed by atoms with Crippen LogP contribution in [0.4, 0.5) is 5.13 Å². The SMILES string of the molecule is COC(=O)c1nsc(NC(=O)CNC(=O)c2ccccc2)n1. The van der Waals surface area contributed by atoms with Crippen molar-refractivity contribution in [3.63, 3.8) is 0 Å². The molecule has 0 aliphatic rings. The van der Waals surface area contributed by atoms with Crippen LogP contribution in [0, 0.1) is 0 Å². The summed E-state index contributed by atoms with van der Waals surface area (Å²) in [6, 6.07) is 8.52. The van der Waals surface area contributed by atoms with Crippen LogP contribution in [0.2, 0.25) is 0 Å². The number of benzene rings is 1. The van der Waals surface area contributed by atoms with E-state index >= 15 is 0 Å². The van der Waals surface area contributed by atoms with E-state index in [0.29, 0.717) is 5.56 Å². The van der Waals surface area contributed by atoms with Crippen LogP contribution >= 0.6 is 11.5 Å². The molecule has 2 aromatic rings.